The van der Waals surface area contributed by atoms with E-state index in [1.54, 1.807) is 0 Å². The first-order valence-electron chi connectivity index (χ1n) is 8.55. The van der Waals surface area contributed by atoms with Crippen molar-refractivity contribution in [3.63, 3.8) is 0 Å². The zero-order valence-electron chi connectivity index (χ0n) is 13.9. The molecule has 126 valence electrons. The third kappa shape index (κ3) is 1.85. The van der Waals surface area contributed by atoms with E-state index in [4.69, 9.17) is 14.2 Å². The molecule has 0 bridgehead atoms. The highest BCUT2D eigenvalue weighted by Crippen LogP contribution is 2.57. The Kier molecular flexibility index (Phi) is 2.85. The molecule has 0 aromatic heterocycles. The van der Waals surface area contributed by atoms with Crippen LogP contribution in [0, 0.1) is 5.41 Å². The fourth-order valence-electron chi connectivity index (χ4n) is 4.34. The molecule has 4 heteroatoms. The van der Waals surface area contributed by atoms with Crippen molar-refractivity contribution in [2.24, 2.45) is 5.41 Å². The second-order valence-corrected chi connectivity index (χ2v) is 6.91. The Bertz CT molecular complexity index is 891. The lowest BCUT2D eigenvalue weighted by atomic mass is 9.75. The van der Waals surface area contributed by atoms with Crippen molar-refractivity contribution in [1.82, 2.24) is 0 Å². The molecule has 0 N–H and O–H groups in total. The fraction of sp³-hybridized carbons (Fsp3) is 0.286. The Labute approximate surface area is 145 Å². The monoisotopic (exact) mass is 334 g/mol. The molecular weight excluding hydrogens is 316 g/mol. The van der Waals surface area contributed by atoms with E-state index in [-0.39, 0.29) is 12.1 Å². The molecule has 3 aliphatic rings. The van der Waals surface area contributed by atoms with Crippen LogP contribution in [0.1, 0.15) is 19.8 Å². The number of hydrogen-bond acceptors (Lipinski definition) is 4. The molecule has 4 nitrogen and oxygen atoms in total. The predicted octanol–water partition coefficient (Wildman–Crippen LogP) is 4.15. The van der Waals surface area contributed by atoms with Crippen LogP contribution in [-0.4, -0.2) is 17.9 Å². The van der Waals surface area contributed by atoms with Gasteiger partial charge in [0.2, 0.25) is 0 Å². The molecule has 2 spiro atoms. The highest BCUT2D eigenvalue weighted by Gasteiger charge is 2.64. The van der Waals surface area contributed by atoms with Crippen molar-refractivity contribution < 1.29 is 19.0 Å². The van der Waals surface area contributed by atoms with Gasteiger partial charge < -0.3 is 14.2 Å². The summed E-state index contributed by atoms with van der Waals surface area (Å²) in [5, 5.41) is 2.07. The molecule has 1 aliphatic heterocycles. The summed E-state index contributed by atoms with van der Waals surface area (Å²) in [5.74, 6) is 0.341. The zero-order valence-corrected chi connectivity index (χ0v) is 13.9. The van der Waals surface area contributed by atoms with Gasteiger partial charge in [0, 0.05) is 6.92 Å². The van der Waals surface area contributed by atoms with Crippen LogP contribution in [0.3, 0.4) is 0 Å². The molecule has 0 fully saturated rings. The number of rotatable bonds is 1. The summed E-state index contributed by atoms with van der Waals surface area (Å²) in [6.45, 7) is 1.44. The third-order valence-corrected chi connectivity index (χ3v) is 5.50. The summed E-state index contributed by atoms with van der Waals surface area (Å²) in [6, 6.07) is 12.0. The van der Waals surface area contributed by atoms with Crippen LogP contribution in [0.2, 0.25) is 0 Å². The smallest absolute Gasteiger partial charge is 0.303 e. The van der Waals surface area contributed by atoms with E-state index >= 15 is 0 Å². The van der Waals surface area contributed by atoms with Gasteiger partial charge in [-0.1, -0.05) is 36.4 Å². The van der Waals surface area contributed by atoms with E-state index in [2.05, 4.69) is 12.2 Å². The number of esters is 1. The SMILES string of the molecule is CC(=O)OC1C=CC2(Oc3cccc4cccc(c34)O2)C12CC=CC2. The fourth-order valence-corrected chi connectivity index (χ4v) is 4.34. The second kappa shape index (κ2) is 4.88. The molecule has 1 atom stereocenters. The maximum Gasteiger partial charge on any atom is 0.303 e. The largest absolute Gasteiger partial charge is 0.457 e. The van der Waals surface area contributed by atoms with Crippen LogP contribution < -0.4 is 9.47 Å². The van der Waals surface area contributed by atoms with Crippen molar-refractivity contribution in [1.29, 1.82) is 0 Å². The number of allylic oxidation sites excluding steroid dienone is 2. The number of benzene rings is 2. The van der Waals surface area contributed by atoms with Crippen molar-refractivity contribution in [3.05, 3.63) is 60.7 Å². The molecule has 1 unspecified atom stereocenters. The first-order chi connectivity index (χ1) is 12.1. The molecular formula is C21H18O4. The molecule has 0 amide bonds. The van der Waals surface area contributed by atoms with E-state index < -0.39 is 11.2 Å². The van der Waals surface area contributed by atoms with Crippen LogP contribution >= 0.6 is 0 Å². The molecule has 2 aromatic carbocycles. The average Bonchev–Trinajstić information content (AvgIpc) is 3.18. The summed E-state index contributed by atoms with van der Waals surface area (Å²) in [7, 11) is 0. The predicted molar refractivity (Wildman–Crippen MR) is 93.4 cm³/mol. The molecule has 25 heavy (non-hydrogen) atoms. The molecule has 0 radical (unpaired) electrons. The lowest BCUT2D eigenvalue weighted by Crippen LogP contribution is -2.57. The number of ether oxygens (including phenoxy) is 3. The van der Waals surface area contributed by atoms with Gasteiger partial charge in [-0.15, -0.1) is 0 Å². The third-order valence-electron chi connectivity index (χ3n) is 5.50. The quantitative estimate of drug-likeness (QED) is 0.581. The second-order valence-electron chi connectivity index (χ2n) is 6.91. The summed E-state index contributed by atoms with van der Waals surface area (Å²) in [4.78, 5) is 11.6. The van der Waals surface area contributed by atoms with E-state index in [1.807, 2.05) is 48.6 Å². The Morgan fingerprint density at radius 1 is 1.08 bits per heavy atom. The van der Waals surface area contributed by atoms with Gasteiger partial charge in [-0.3, -0.25) is 4.79 Å². The number of carbonyl (C=O) groups excluding carboxylic acids is 1. The standard InChI is InChI=1S/C21H18O4/c1-14(22)23-18-10-13-21(20(18)11-2-3-12-20)24-16-8-4-6-15-7-5-9-17(25-21)19(15)16/h2-10,13,18H,11-12H2,1H3. The maximum absolute atomic E-state index is 11.6. The van der Waals surface area contributed by atoms with Crippen molar-refractivity contribution in [2.45, 2.75) is 31.7 Å². The molecule has 0 saturated heterocycles. The Balaban J connectivity index is 1.65. The topological polar surface area (TPSA) is 44.8 Å². The summed E-state index contributed by atoms with van der Waals surface area (Å²) >= 11 is 0. The lowest BCUT2D eigenvalue weighted by molar-refractivity contribution is -0.194. The summed E-state index contributed by atoms with van der Waals surface area (Å²) in [5.41, 5.74) is -0.478. The van der Waals surface area contributed by atoms with Crippen molar-refractivity contribution in [3.8, 4) is 11.5 Å². The molecule has 2 aromatic rings. The van der Waals surface area contributed by atoms with Crippen LogP contribution in [0.5, 0.6) is 11.5 Å². The Morgan fingerprint density at radius 2 is 1.72 bits per heavy atom. The van der Waals surface area contributed by atoms with Gasteiger partial charge in [-0.2, -0.15) is 0 Å². The summed E-state index contributed by atoms with van der Waals surface area (Å²) in [6.07, 6.45) is 9.14. The Hall–Kier alpha value is -2.75. The minimum absolute atomic E-state index is 0.295. The van der Waals surface area contributed by atoms with Gasteiger partial charge in [0.05, 0.1) is 10.8 Å². The van der Waals surface area contributed by atoms with E-state index in [1.165, 1.54) is 6.92 Å². The number of hydrogen-bond donors (Lipinski definition) is 0. The highest BCUT2D eigenvalue weighted by molar-refractivity contribution is 5.94. The normalized spacial score (nSPS) is 23.8. The Morgan fingerprint density at radius 3 is 2.32 bits per heavy atom. The lowest BCUT2D eigenvalue weighted by Gasteiger charge is -2.46. The maximum atomic E-state index is 11.6. The first-order valence-corrected chi connectivity index (χ1v) is 8.55. The van der Waals surface area contributed by atoms with Gasteiger partial charge in [-0.05, 0) is 42.5 Å². The molecule has 5 rings (SSSR count). The number of carbonyl (C=O) groups is 1. The van der Waals surface area contributed by atoms with Gasteiger partial charge in [0.25, 0.3) is 5.79 Å². The van der Waals surface area contributed by atoms with Gasteiger partial charge in [0.15, 0.2) is 0 Å². The van der Waals surface area contributed by atoms with Crippen molar-refractivity contribution in [2.75, 3.05) is 0 Å². The minimum atomic E-state index is -0.973. The van der Waals surface area contributed by atoms with Crippen LogP contribution in [0.25, 0.3) is 10.8 Å². The van der Waals surface area contributed by atoms with Crippen LogP contribution in [0.4, 0.5) is 0 Å². The molecule has 2 aliphatic carbocycles. The van der Waals surface area contributed by atoms with Crippen LogP contribution in [-0.2, 0) is 9.53 Å². The van der Waals surface area contributed by atoms with Crippen LogP contribution in [0.15, 0.2) is 60.7 Å². The zero-order chi connectivity index (χ0) is 17.1. The summed E-state index contributed by atoms with van der Waals surface area (Å²) < 4.78 is 18.5. The van der Waals surface area contributed by atoms with Gasteiger partial charge in [0.1, 0.15) is 17.6 Å². The highest BCUT2D eigenvalue weighted by atomic mass is 16.7. The molecule has 0 saturated carbocycles. The first kappa shape index (κ1) is 14.6. The van der Waals surface area contributed by atoms with Gasteiger partial charge in [-0.25, -0.2) is 0 Å². The van der Waals surface area contributed by atoms with E-state index in [0.717, 1.165) is 35.1 Å². The van der Waals surface area contributed by atoms with E-state index in [9.17, 15) is 4.79 Å². The van der Waals surface area contributed by atoms with Gasteiger partial charge >= 0.3 is 5.97 Å². The average molecular weight is 334 g/mol. The van der Waals surface area contributed by atoms with E-state index in [0.29, 0.717) is 0 Å². The van der Waals surface area contributed by atoms with Crippen molar-refractivity contribution >= 4 is 16.7 Å². The minimum Gasteiger partial charge on any atom is -0.457 e. The molecule has 1 heterocycles. The number of fused-ring (bicyclic) bond motifs is 1.